The lowest BCUT2D eigenvalue weighted by molar-refractivity contribution is -0.154. The Bertz CT molecular complexity index is 481. The van der Waals surface area contributed by atoms with Crippen LogP contribution in [-0.4, -0.2) is 17.6 Å². The van der Waals surface area contributed by atoms with Crippen LogP contribution in [0.2, 0.25) is 0 Å². The zero-order valence-corrected chi connectivity index (χ0v) is 14.9. The molecule has 128 valence electrons. The zero-order valence-electron chi connectivity index (χ0n) is 14.9. The third kappa shape index (κ3) is 7.17. The molecule has 1 aliphatic rings. The Labute approximate surface area is 140 Å². The van der Waals surface area contributed by atoms with Crippen LogP contribution in [-0.2, 0) is 22.5 Å². The van der Waals surface area contributed by atoms with Gasteiger partial charge in [-0.1, -0.05) is 43.5 Å². The van der Waals surface area contributed by atoms with Gasteiger partial charge in [0.05, 0.1) is 0 Å². The molecule has 1 saturated carbocycles. The lowest BCUT2D eigenvalue weighted by atomic mass is 9.95. The van der Waals surface area contributed by atoms with Crippen molar-refractivity contribution in [3.63, 3.8) is 0 Å². The lowest BCUT2D eigenvalue weighted by Crippen LogP contribution is -2.30. The first-order chi connectivity index (χ1) is 10.9. The Balaban J connectivity index is 1.72. The van der Waals surface area contributed by atoms with Crippen LogP contribution in [0, 0.1) is 0 Å². The van der Waals surface area contributed by atoms with E-state index in [1.807, 2.05) is 20.8 Å². The second-order valence-corrected chi connectivity index (χ2v) is 7.62. The van der Waals surface area contributed by atoms with Crippen LogP contribution in [0.5, 0.6) is 0 Å². The number of carbonyl (C=O) groups excluding carboxylic acids is 1. The molecule has 0 bridgehead atoms. The van der Waals surface area contributed by atoms with Crippen molar-refractivity contribution in [2.75, 3.05) is 0 Å². The van der Waals surface area contributed by atoms with Crippen LogP contribution >= 0.6 is 0 Å². The van der Waals surface area contributed by atoms with Gasteiger partial charge in [-0.05, 0) is 51.2 Å². The maximum Gasteiger partial charge on any atom is 0.306 e. The summed E-state index contributed by atoms with van der Waals surface area (Å²) in [6, 6.07) is 9.28. The molecule has 0 atom stereocenters. The van der Waals surface area contributed by atoms with Crippen LogP contribution in [0.1, 0.15) is 70.4 Å². The molecule has 23 heavy (non-hydrogen) atoms. The van der Waals surface area contributed by atoms with Gasteiger partial charge in [0.2, 0.25) is 0 Å². The van der Waals surface area contributed by atoms with Crippen molar-refractivity contribution in [3.05, 3.63) is 35.4 Å². The molecule has 3 heteroatoms. The number of nitrogens with one attached hydrogen (secondary N) is 1. The van der Waals surface area contributed by atoms with E-state index < -0.39 is 5.60 Å². The maximum absolute atomic E-state index is 11.7. The van der Waals surface area contributed by atoms with Crippen LogP contribution in [0.4, 0.5) is 0 Å². The summed E-state index contributed by atoms with van der Waals surface area (Å²) < 4.78 is 5.34. The van der Waals surface area contributed by atoms with Crippen molar-refractivity contribution in [1.29, 1.82) is 0 Å². The largest absolute Gasteiger partial charge is 0.460 e. The number of ether oxygens (including phenoxy) is 1. The average molecular weight is 317 g/mol. The number of rotatable bonds is 6. The minimum atomic E-state index is -0.397. The molecule has 1 N–H and O–H groups in total. The van der Waals surface area contributed by atoms with Crippen molar-refractivity contribution >= 4 is 5.97 Å². The van der Waals surface area contributed by atoms with Gasteiger partial charge >= 0.3 is 5.97 Å². The van der Waals surface area contributed by atoms with Crippen molar-refractivity contribution in [2.45, 2.75) is 83.9 Å². The first-order valence-corrected chi connectivity index (χ1v) is 8.95. The summed E-state index contributed by atoms with van der Waals surface area (Å²) in [6.45, 7) is 6.65. The molecule has 0 aliphatic heterocycles. The molecule has 0 heterocycles. The average Bonchev–Trinajstić information content (AvgIpc) is 2.51. The van der Waals surface area contributed by atoms with Gasteiger partial charge in [0, 0.05) is 19.0 Å². The molecule has 1 aromatic carbocycles. The van der Waals surface area contributed by atoms with Crippen molar-refractivity contribution < 1.29 is 9.53 Å². The summed E-state index contributed by atoms with van der Waals surface area (Å²) in [5.41, 5.74) is 2.11. The zero-order chi connectivity index (χ0) is 16.7. The molecule has 2 rings (SSSR count). The molecular weight excluding hydrogens is 286 g/mol. The Hall–Kier alpha value is -1.35. The van der Waals surface area contributed by atoms with E-state index in [0.717, 1.165) is 13.0 Å². The van der Waals surface area contributed by atoms with Crippen molar-refractivity contribution in [1.82, 2.24) is 5.32 Å². The highest BCUT2D eigenvalue weighted by molar-refractivity contribution is 5.70. The van der Waals surface area contributed by atoms with E-state index in [0.29, 0.717) is 12.5 Å². The van der Waals surface area contributed by atoms with Gasteiger partial charge in [-0.25, -0.2) is 0 Å². The standard InChI is InChI=1S/C20H31NO2/c1-20(2,3)23-19(22)14-13-16-9-11-17(12-10-16)15-21-18-7-5-4-6-8-18/h9-12,18,21H,4-8,13-15H2,1-3H3. The topological polar surface area (TPSA) is 38.3 Å². The summed E-state index contributed by atoms with van der Waals surface area (Å²) in [4.78, 5) is 11.7. The van der Waals surface area contributed by atoms with Crippen molar-refractivity contribution in [2.24, 2.45) is 0 Å². The van der Waals surface area contributed by atoms with Crippen LogP contribution in [0.25, 0.3) is 0 Å². The number of hydrogen-bond donors (Lipinski definition) is 1. The molecular formula is C20H31NO2. The minimum absolute atomic E-state index is 0.124. The van der Waals surface area contributed by atoms with Crippen LogP contribution in [0.3, 0.4) is 0 Å². The van der Waals surface area contributed by atoms with E-state index in [1.54, 1.807) is 0 Å². The van der Waals surface area contributed by atoms with E-state index in [4.69, 9.17) is 4.74 Å². The van der Waals surface area contributed by atoms with Crippen molar-refractivity contribution in [3.8, 4) is 0 Å². The predicted molar refractivity (Wildman–Crippen MR) is 94.3 cm³/mol. The highest BCUT2D eigenvalue weighted by atomic mass is 16.6. The molecule has 3 nitrogen and oxygen atoms in total. The Morgan fingerprint density at radius 1 is 1.09 bits per heavy atom. The number of hydrogen-bond acceptors (Lipinski definition) is 3. The van der Waals surface area contributed by atoms with Crippen LogP contribution in [0.15, 0.2) is 24.3 Å². The number of esters is 1. The summed E-state index contributed by atoms with van der Waals surface area (Å²) in [7, 11) is 0. The third-order valence-corrected chi connectivity index (χ3v) is 4.26. The number of benzene rings is 1. The lowest BCUT2D eigenvalue weighted by Gasteiger charge is -2.22. The molecule has 0 unspecified atom stereocenters. The molecule has 0 saturated heterocycles. The first-order valence-electron chi connectivity index (χ1n) is 8.95. The molecule has 1 aromatic rings. The van der Waals surface area contributed by atoms with E-state index >= 15 is 0 Å². The second kappa shape index (κ2) is 8.49. The fourth-order valence-electron chi connectivity index (χ4n) is 3.03. The Morgan fingerprint density at radius 3 is 2.30 bits per heavy atom. The van der Waals surface area contributed by atoms with Gasteiger partial charge in [-0.15, -0.1) is 0 Å². The fourth-order valence-corrected chi connectivity index (χ4v) is 3.03. The smallest absolute Gasteiger partial charge is 0.306 e. The van der Waals surface area contributed by atoms with Gasteiger partial charge in [0.15, 0.2) is 0 Å². The van der Waals surface area contributed by atoms with Gasteiger partial charge in [-0.2, -0.15) is 0 Å². The molecule has 1 fully saturated rings. The third-order valence-electron chi connectivity index (χ3n) is 4.26. The first kappa shape index (κ1) is 18.0. The highest BCUT2D eigenvalue weighted by Gasteiger charge is 2.16. The van der Waals surface area contributed by atoms with Gasteiger partial charge in [-0.3, -0.25) is 4.79 Å². The van der Waals surface area contributed by atoms with Gasteiger partial charge < -0.3 is 10.1 Å². The van der Waals surface area contributed by atoms with E-state index in [2.05, 4.69) is 29.6 Å². The summed E-state index contributed by atoms with van der Waals surface area (Å²) in [6.07, 6.45) is 7.93. The Kier molecular flexibility index (Phi) is 6.64. The molecule has 0 amide bonds. The molecule has 1 aliphatic carbocycles. The summed E-state index contributed by atoms with van der Waals surface area (Å²) in [5, 5.41) is 3.66. The number of aryl methyl sites for hydroxylation is 1. The van der Waals surface area contributed by atoms with E-state index in [9.17, 15) is 4.79 Å². The molecule has 0 spiro atoms. The normalized spacial score (nSPS) is 16.3. The van der Waals surface area contributed by atoms with E-state index in [-0.39, 0.29) is 5.97 Å². The Morgan fingerprint density at radius 2 is 1.70 bits per heavy atom. The van der Waals surface area contributed by atoms with E-state index in [1.165, 1.54) is 43.2 Å². The summed E-state index contributed by atoms with van der Waals surface area (Å²) >= 11 is 0. The molecule has 0 aromatic heterocycles. The SMILES string of the molecule is CC(C)(C)OC(=O)CCc1ccc(CNC2CCCCC2)cc1. The van der Waals surface area contributed by atoms with Gasteiger partial charge in [0.1, 0.15) is 5.60 Å². The predicted octanol–water partition coefficient (Wildman–Crippen LogP) is 4.38. The quantitative estimate of drug-likeness (QED) is 0.791. The fraction of sp³-hybridized carbons (Fsp3) is 0.650. The van der Waals surface area contributed by atoms with Crippen LogP contribution < -0.4 is 5.32 Å². The highest BCUT2D eigenvalue weighted by Crippen LogP contribution is 2.18. The monoisotopic (exact) mass is 317 g/mol. The van der Waals surface area contributed by atoms with Gasteiger partial charge in [0.25, 0.3) is 0 Å². The maximum atomic E-state index is 11.7. The number of carbonyl (C=O) groups is 1. The minimum Gasteiger partial charge on any atom is -0.460 e. The second-order valence-electron chi connectivity index (χ2n) is 7.62. The summed E-state index contributed by atoms with van der Waals surface area (Å²) in [5.74, 6) is -0.124. The molecule has 0 radical (unpaired) electrons.